The largest absolute Gasteiger partial charge is 0.356 e. The fourth-order valence-corrected chi connectivity index (χ4v) is 2.32. The van der Waals surface area contributed by atoms with E-state index in [9.17, 15) is 14.9 Å². The van der Waals surface area contributed by atoms with E-state index in [0.717, 1.165) is 19.3 Å². The average molecular weight is 248 g/mol. The van der Waals surface area contributed by atoms with Crippen molar-refractivity contribution in [3.8, 4) is 0 Å². The second kappa shape index (κ2) is 5.62. The Morgan fingerprint density at radius 2 is 2.11 bits per heavy atom. The molecule has 5 heteroatoms. The normalized spacial score (nSPS) is 20.0. The van der Waals surface area contributed by atoms with Gasteiger partial charge >= 0.3 is 0 Å². The van der Waals surface area contributed by atoms with Crippen molar-refractivity contribution in [1.82, 2.24) is 5.32 Å². The molecule has 5 nitrogen and oxygen atoms in total. The number of hydrogen-bond acceptors (Lipinski definition) is 3. The maximum Gasteiger partial charge on any atom is 0.272 e. The van der Waals surface area contributed by atoms with E-state index >= 15 is 0 Å². The summed E-state index contributed by atoms with van der Waals surface area (Å²) in [5.41, 5.74) is 0.749. The molecule has 1 saturated heterocycles. The highest BCUT2D eigenvalue weighted by Gasteiger charge is 2.24. The number of hydrogen-bond donors (Lipinski definition) is 1. The first kappa shape index (κ1) is 12.5. The molecular weight excluding hydrogens is 232 g/mol. The Balaban J connectivity index is 2.17. The minimum absolute atomic E-state index is 0.0191. The van der Waals surface area contributed by atoms with Gasteiger partial charge in [-0.3, -0.25) is 14.9 Å². The predicted molar refractivity (Wildman–Crippen MR) is 67.2 cm³/mol. The molecular formula is C13H16N2O3. The van der Waals surface area contributed by atoms with Crippen LogP contribution in [0.15, 0.2) is 24.3 Å². The van der Waals surface area contributed by atoms with Gasteiger partial charge in [-0.1, -0.05) is 24.6 Å². The molecule has 1 amide bonds. The van der Waals surface area contributed by atoms with Crippen molar-refractivity contribution >= 4 is 11.6 Å². The molecule has 2 rings (SSSR count). The third-order valence-electron chi connectivity index (χ3n) is 3.30. The number of para-hydroxylation sites is 1. The zero-order valence-electron chi connectivity index (χ0n) is 10.1. The number of nitro benzene ring substituents is 1. The lowest BCUT2D eigenvalue weighted by molar-refractivity contribution is -0.385. The Hall–Kier alpha value is -1.91. The summed E-state index contributed by atoms with van der Waals surface area (Å²) < 4.78 is 0. The van der Waals surface area contributed by atoms with Crippen molar-refractivity contribution in [3.63, 3.8) is 0 Å². The van der Waals surface area contributed by atoms with Crippen LogP contribution in [0.3, 0.4) is 0 Å². The number of carbonyl (C=O) groups excluding carboxylic acids is 1. The molecule has 1 aromatic rings. The zero-order chi connectivity index (χ0) is 13.0. The van der Waals surface area contributed by atoms with Crippen LogP contribution in [-0.4, -0.2) is 17.4 Å². The van der Waals surface area contributed by atoms with Crippen molar-refractivity contribution in [3.05, 3.63) is 39.9 Å². The van der Waals surface area contributed by atoms with Crippen LogP contribution in [0, 0.1) is 16.0 Å². The lowest BCUT2D eigenvalue weighted by Crippen LogP contribution is -2.30. The van der Waals surface area contributed by atoms with Gasteiger partial charge in [-0.05, 0) is 19.3 Å². The second-order valence-electron chi connectivity index (χ2n) is 4.57. The third-order valence-corrected chi connectivity index (χ3v) is 3.30. The maximum absolute atomic E-state index is 11.8. The van der Waals surface area contributed by atoms with Gasteiger partial charge in [-0.25, -0.2) is 0 Å². The number of nitro groups is 1. The molecule has 1 aliphatic rings. The minimum Gasteiger partial charge on any atom is -0.356 e. The fraction of sp³-hybridized carbons (Fsp3) is 0.462. The van der Waals surface area contributed by atoms with Gasteiger partial charge in [-0.2, -0.15) is 0 Å². The van der Waals surface area contributed by atoms with E-state index in [1.165, 1.54) is 6.07 Å². The molecule has 0 aliphatic carbocycles. The van der Waals surface area contributed by atoms with Crippen LogP contribution in [0.25, 0.3) is 0 Å². The van der Waals surface area contributed by atoms with E-state index in [1.807, 2.05) is 0 Å². The van der Waals surface area contributed by atoms with E-state index in [2.05, 4.69) is 5.32 Å². The van der Waals surface area contributed by atoms with Crippen molar-refractivity contribution in [2.75, 3.05) is 6.54 Å². The molecule has 0 saturated carbocycles. The molecule has 0 spiro atoms. The number of nitrogens with one attached hydrogen (secondary N) is 1. The molecule has 1 fully saturated rings. The van der Waals surface area contributed by atoms with Gasteiger partial charge in [0.15, 0.2) is 0 Å². The highest BCUT2D eigenvalue weighted by molar-refractivity contribution is 5.79. The lowest BCUT2D eigenvalue weighted by Gasteiger charge is -2.12. The number of nitrogens with zero attached hydrogens (tertiary/aromatic N) is 1. The van der Waals surface area contributed by atoms with Gasteiger partial charge in [-0.15, -0.1) is 0 Å². The van der Waals surface area contributed by atoms with Crippen molar-refractivity contribution in [2.24, 2.45) is 5.92 Å². The Bertz CT molecular complexity index is 459. The van der Waals surface area contributed by atoms with E-state index in [1.54, 1.807) is 18.2 Å². The van der Waals surface area contributed by atoms with E-state index in [-0.39, 0.29) is 22.4 Å². The number of carbonyl (C=O) groups is 1. The number of benzene rings is 1. The first-order valence-electron chi connectivity index (χ1n) is 6.18. The fourth-order valence-electron chi connectivity index (χ4n) is 2.32. The first-order valence-corrected chi connectivity index (χ1v) is 6.18. The van der Waals surface area contributed by atoms with Crippen LogP contribution >= 0.6 is 0 Å². The van der Waals surface area contributed by atoms with Crippen molar-refractivity contribution < 1.29 is 9.72 Å². The van der Waals surface area contributed by atoms with E-state index in [0.29, 0.717) is 18.5 Å². The summed E-state index contributed by atoms with van der Waals surface area (Å²) in [6.07, 6.45) is 3.23. The predicted octanol–water partition coefficient (Wildman–Crippen LogP) is 2.05. The molecule has 1 aliphatic heterocycles. The molecule has 0 radical (unpaired) electrons. The standard InChI is InChI=1S/C13H16N2O3/c16-13-11(6-3-4-8-14-13)9-10-5-1-2-7-12(10)15(17)18/h1-2,5,7,11H,3-4,6,8-9H2,(H,14,16). The summed E-state index contributed by atoms with van der Waals surface area (Å²) in [6.45, 7) is 0.715. The second-order valence-corrected chi connectivity index (χ2v) is 4.57. The van der Waals surface area contributed by atoms with Gasteiger partial charge in [0.1, 0.15) is 0 Å². The summed E-state index contributed by atoms with van der Waals surface area (Å²) in [5, 5.41) is 13.8. The van der Waals surface area contributed by atoms with Crippen LogP contribution in [0.4, 0.5) is 5.69 Å². The zero-order valence-corrected chi connectivity index (χ0v) is 10.1. The number of amides is 1. The minimum atomic E-state index is -0.385. The summed E-state index contributed by atoms with van der Waals surface area (Å²) in [5.74, 6) is -0.126. The van der Waals surface area contributed by atoms with Gasteiger partial charge < -0.3 is 5.32 Å². The van der Waals surface area contributed by atoms with E-state index in [4.69, 9.17) is 0 Å². The quantitative estimate of drug-likeness (QED) is 0.657. The molecule has 96 valence electrons. The van der Waals surface area contributed by atoms with Gasteiger partial charge in [0.2, 0.25) is 5.91 Å². The van der Waals surface area contributed by atoms with Gasteiger partial charge in [0.05, 0.1) is 4.92 Å². The molecule has 1 atom stereocenters. The number of rotatable bonds is 3. The topological polar surface area (TPSA) is 72.2 Å². The highest BCUT2D eigenvalue weighted by Crippen LogP contribution is 2.24. The van der Waals surface area contributed by atoms with Crippen molar-refractivity contribution in [2.45, 2.75) is 25.7 Å². The molecule has 0 bridgehead atoms. The van der Waals surface area contributed by atoms with Gasteiger partial charge in [0, 0.05) is 24.1 Å². The third kappa shape index (κ3) is 2.85. The molecule has 1 N–H and O–H groups in total. The molecule has 1 heterocycles. The SMILES string of the molecule is O=C1NCCCCC1Cc1ccccc1[N+](=O)[O-]. The molecule has 1 unspecified atom stereocenters. The summed E-state index contributed by atoms with van der Waals surface area (Å²) in [6, 6.07) is 6.64. The van der Waals surface area contributed by atoms with Crippen LogP contribution in [0.2, 0.25) is 0 Å². The summed E-state index contributed by atoms with van der Waals surface area (Å²) in [7, 11) is 0. The van der Waals surface area contributed by atoms with Crippen LogP contribution < -0.4 is 5.32 Å². The van der Waals surface area contributed by atoms with E-state index < -0.39 is 0 Å². The average Bonchev–Trinajstić information content (AvgIpc) is 2.55. The maximum atomic E-state index is 11.8. The summed E-state index contributed by atoms with van der Waals surface area (Å²) >= 11 is 0. The molecule has 1 aromatic carbocycles. The Morgan fingerprint density at radius 1 is 1.33 bits per heavy atom. The first-order chi connectivity index (χ1) is 8.68. The smallest absolute Gasteiger partial charge is 0.272 e. The molecule has 18 heavy (non-hydrogen) atoms. The monoisotopic (exact) mass is 248 g/mol. The van der Waals surface area contributed by atoms with Crippen LogP contribution in [-0.2, 0) is 11.2 Å². The Morgan fingerprint density at radius 3 is 2.89 bits per heavy atom. The highest BCUT2D eigenvalue weighted by atomic mass is 16.6. The van der Waals surface area contributed by atoms with Crippen LogP contribution in [0.5, 0.6) is 0 Å². The summed E-state index contributed by atoms with van der Waals surface area (Å²) in [4.78, 5) is 22.4. The van der Waals surface area contributed by atoms with Crippen molar-refractivity contribution in [1.29, 1.82) is 0 Å². The lowest BCUT2D eigenvalue weighted by atomic mass is 9.93. The molecule has 0 aromatic heterocycles. The Kier molecular flexibility index (Phi) is 3.92. The Labute approximate surface area is 105 Å². The van der Waals surface area contributed by atoms with Crippen LogP contribution in [0.1, 0.15) is 24.8 Å². The van der Waals surface area contributed by atoms with Gasteiger partial charge in [0.25, 0.3) is 5.69 Å².